The molecule has 3 aromatic heterocycles. The van der Waals surface area contributed by atoms with Crippen molar-refractivity contribution in [3.8, 4) is 0 Å². The van der Waals surface area contributed by atoms with E-state index in [0.29, 0.717) is 13.1 Å². The van der Waals surface area contributed by atoms with Gasteiger partial charge >= 0.3 is 6.03 Å². The molecule has 5 rings (SSSR count). The number of urea groups is 1. The van der Waals surface area contributed by atoms with Gasteiger partial charge in [0, 0.05) is 30.0 Å². The molecule has 0 aliphatic carbocycles. The molecule has 3 N–H and O–H groups in total. The number of hydrogen-bond donors (Lipinski definition) is 3. The zero-order valence-corrected chi connectivity index (χ0v) is 19.1. The summed E-state index contributed by atoms with van der Waals surface area (Å²) >= 11 is 1.61. The number of nitrogens with zero attached hydrogens (tertiary/aromatic N) is 4. The van der Waals surface area contributed by atoms with Gasteiger partial charge in [-0.15, -0.1) is 11.3 Å². The van der Waals surface area contributed by atoms with Crippen molar-refractivity contribution in [2.75, 3.05) is 18.4 Å². The summed E-state index contributed by atoms with van der Waals surface area (Å²) in [6.45, 7) is 7.22. The molecule has 1 aliphatic heterocycles. The summed E-state index contributed by atoms with van der Waals surface area (Å²) in [4.78, 5) is 30.9. The summed E-state index contributed by atoms with van der Waals surface area (Å²) in [6.07, 6.45) is 4.45. The van der Waals surface area contributed by atoms with Gasteiger partial charge in [-0.2, -0.15) is 0 Å². The molecule has 1 aliphatic rings. The van der Waals surface area contributed by atoms with Crippen molar-refractivity contribution in [1.82, 2.24) is 30.2 Å². The second kappa shape index (κ2) is 7.90. The Labute approximate surface area is 189 Å². The fourth-order valence-corrected chi connectivity index (χ4v) is 4.50. The van der Waals surface area contributed by atoms with Crippen molar-refractivity contribution in [2.45, 2.75) is 32.7 Å². The Hall–Kier alpha value is -3.46. The van der Waals surface area contributed by atoms with Gasteiger partial charge in [0.15, 0.2) is 0 Å². The van der Waals surface area contributed by atoms with Crippen molar-refractivity contribution >= 4 is 55.7 Å². The summed E-state index contributed by atoms with van der Waals surface area (Å²) in [5, 5.41) is 7.37. The Kier molecular flexibility index (Phi) is 5.05. The molecule has 2 amide bonds. The molecule has 164 valence electrons. The average molecular weight is 448 g/mol. The van der Waals surface area contributed by atoms with Crippen LogP contribution in [0.15, 0.2) is 42.2 Å². The van der Waals surface area contributed by atoms with Gasteiger partial charge in [-0.25, -0.2) is 19.7 Å². The normalized spacial score (nSPS) is 14.6. The molecule has 0 bridgehead atoms. The molecule has 4 aromatic rings. The van der Waals surface area contributed by atoms with E-state index in [9.17, 15) is 4.79 Å². The van der Waals surface area contributed by atoms with E-state index >= 15 is 0 Å². The largest absolute Gasteiger partial charge is 0.340 e. The number of amides is 2. The highest BCUT2D eigenvalue weighted by Crippen LogP contribution is 2.30. The number of benzene rings is 1. The van der Waals surface area contributed by atoms with E-state index in [-0.39, 0.29) is 11.6 Å². The standard InChI is InChI=1S/C23H25N7OS/c1-23(2,3)29-22(31)30-8-6-14(7-9-30)18-11-16-20(24-12-25-21(16)28-18)27-15-4-5-17-19(10-15)32-13-26-17/h4-6,10-13H,7-9H2,1-3H3,(H,29,31)(H2,24,25,27,28). The van der Waals surface area contributed by atoms with Crippen molar-refractivity contribution in [1.29, 1.82) is 0 Å². The SMILES string of the molecule is CC(C)(C)NC(=O)N1CC=C(c2cc3c(Nc4ccc5ncsc5c4)ncnc3[nH]2)CC1. The Morgan fingerprint density at radius 2 is 2.06 bits per heavy atom. The predicted molar refractivity (Wildman–Crippen MR) is 129 cm³/mol. The number of H-pyrrole nitrogens is 1. The highest BCUT2D eigenvalue weighted by atomic mass is 32.1. The van der Waals surface area contributed by atoms with Gasteiger partial charge < -0.3 is 20.5 Å². The Morgan fingerprint density at radius 1 is 1.19 bits per heavy atom. The first-order valence-electron chi connectivity index (χ1n) is 10.6. The van der Waals surface area contributed by atoms with Gasteiger partial charge in [0.25, 0.3) is 0 Å². The van der Waals surface area contributed by atoms with Crippen LogP contribution in [0.2, 0.25) is 0 Å². The first kappa shape index (κ1) is 20.4. The van der Waals surface area contributed by atoms with Crippen LogP contribution >= 0.6 is 11.3 Å². The minimum absolute atomic E-state index is 0.0280. The van der Waals surface area contributed by atoms with E-state index in [0.717, 1.165) is 44.9 Å². The molecule has 0 spiro atoms. The van der Waals surface area contributed by atoms with E-state index in [1.807, 2.05) is 43.3 Å². The van der Waals surface area contributed by atoms with Crippen LogP contribution in [0.4, 0.5) is 16.3 Å². The number of hydrogen-bond acceptors (Lipinski definition) is 6. The van der Waals surface area contributed by atoms with Crippen LogP contribution in [-0.4, -0.2) is 49.5 Å². The first-order valence-corrected chi connectivity index (χ1v) is 11.4. The zero-order chi connectivity index (χ0) is 22.3. The van der Waals surface area contributed by atoms with Crippen LogP contribution in [0.25, 0.3) is 26.8 Å². The molecule has 1 aromatic carbocycles. The number of anilines is 2. The van der Waals surface area contributed by atoms with Gasteiger partial charge in [0.2, 0.25) is 0 Å². The summed E-state index contributed by atoms with van der Waals surface area (Å²) in [7, 11) is 0. The fourth-order valence-electron chi connectivity index (χ4n) is 3.78. The summed E-state index contributed by atoms with van der Waals surface area (Å²) < 4.78 is 1.13. The van der Waals surface area contributed by atoms with E-state index < -0.39 is 0 Å². The van der Waals surface area contributed by atoms with Crippen molar-refractivity contribution < 1.29 is 4.79 Å². The lowest BCUT2D eigenvalue weighted by Crippen LogP contribution is -2.49. The topological polar surface area (TPSA) is 98.8 Å². The number of carbonyl (C=O) groups excluding carboxylic acids is 1. The highest BCUT2D eigenvalue weighted by Gasteiger charge is 2.22. The molecule has 8 nitrogen and oxygen atoms in total. The van der Waals surface area contributed by atoms with E-state index in [4.69, 9.17) is 0 Å². The third-order valence-electron chi connectivity index (χ3n) is 5.34. The number of aromatic nitrogens is 4. The van der Waals surface area contributed by atoms with Gasteiger partial charge in [-0.3, -0.25) is 0 Å². The molecular weight excluding hydrogens is 422 g/mol. The molecule has 0 fully saturated rings. The average Bonchev–Trinajstić information content (AvgIpc) is 3.40. The minimum atomic E-state index is -0.245. The summed E-state index contributed by atoms with van der Waals surface area (Å²) in [5.74, 6) is 0.754. The molecule has 0 radical (unpaired) electrons. The molecule has 0 unspecified atom stereocenters. The number of nitrogens with one attached hydrogen (secondary N) is 3. The van der Waals surface area contributed by atoms with Gasteiger partial charge in [0.1, 0.15) is 17.8 Å². The van der Waals surface area contributed by atoms with Crippen LogP contribution in [0.5, 0.6) is 0 Å². The lowest BCUT2D eigenvalue weighted by Gasteiger charge is -2.30. The van der Waals surface area contributed by atoms with Crippen molar-refractivity contribution in [3.05, 3.63) is 47.9 Å². The first-order chi connectivity index (χ1) is 15.4. The Bertz CT molecular complexity index is 1330. The van der Waals surface area contributed by atoms with Crippen LogP contribution in [0.1, 0.15) is 32.9 Å². The number of rotatable bonds is 3. The van der Waals surface area contributed by atoms with E-state index in [2.05, 4.69) is 48.8 Å². The lowest BCUT2D eigenvalue weighted by atomic mass is 10.0. The quantitative estimate of drug-likeness (QED) is 0.414. The maximum atomic E-state index is 12.4. The maximum Gasteiger partial charge on any atom is 0.318 e. The Morgan fingerprint density at radius 3 is 2.84 bits per heavy atom. The monoisotopic (exact) mass is 447 g/mol. The molecular formula is C23H25N7OS. The van der Waals surface area contributed by atoms with E-state index in [1.54, 1.807) is 17.7 Å². The molecule has 9 heteroatoms. The van der Waals surface area contributed by atoms with Crippen LogP contribution in [0.3, 0.4) is 0 Å². The highest BCUT2D eigenvalue weighted by molar-refractivity contribution is 7.16. The Balaban J connectivity index is 1.37. The molecule has 32 heavy (non-hydrogen) atoms. The molecule has 0 saturated heterocycles. The second-order valence-corrected chi connectivity index (χ2v) is 9.82. The fraction of sp³-hybridized carbons (Fsp3) is 0.304. The number of carbonyl (C=O) groups is 1. The summed E-state index contributed by atoms with van der Waals surface area (Å²) in [6, 6.07) is 8.14. The predicted octanol–water partition coefficient (Wildman–Crippen LogP) is 4.91. The maximum absolute atomic E-state index is 12.4. The second-order valence-electron chi connectivity index (χ2n) is 8.93. The molecule has 4 heterocycles. The number of fused-ring (bicyclic) bond motifs is 2. The third kappa shape index (κ3) is 4.16. The third-order valence-corrected chi connectivity index (χ3v) is 6.14. The zero-order valence-electron chi connectivity index (χ0n) is 18.3. The molecule has 0 saturated carbocycles. The minimum Gasteiger partial charge on any atom is -0.340 e. The van der Waals surface area contributed by atoms with Crippen molar-refractivity contribution in [3.63, 3.8) is 0 Å². The van der Waals surface area contributed by atoms with Gasteiger partial charge in [-0.1, -0.05) is 6.08 Å². The number of thiazole rings is 1. The van der Waals surface area contributed by atoms with Crippen LogP contribution < -0.4 is 10.6 Å². The smallest absolute Gasteiger partial charge is 0.318 e. The van der Waals surface area contributed by atoms with Gasteiger partial charge in [0.05, 0.1) is 21.1 Å². The van der Waals surface area contributed by atoms with Crippen LogP contribution in [-0.2, 0) is 0 Å². The molecule has 0 atom stereocenters. The van der Waals surface area contributed by atoms with E-state index in [1.165, 1.54) is 5.57 Å². The van der Waals surface area contributed by atoms with Crippen LogP contribution in [0, 0.1) is 0 Å². The summed E-state index contributed by atoms with van der Waals surface area (Å²) in [5.41, 5.74) is 6.53. The lowest BCUT2D eigenvalue weighted by molar-refractivity contribution is 0.193. The van der Waals surface area contributed by atoms with Crippen molar-refractivity contribution in [2.24, 2.45) is 0 Å². The number of aromatic amines is 1. The van der Waals surface area contributed by atoms with Gasteiger partial charge in [-0.05, 0) is 57.0 Å².